The van der Waals surface area contributed by atoms with E-state index in [1.807, 2.05) is 19.1 Å². The summed E-state index contributed by atoms with van der Waals surface area (Å²) in [4.78, 5) is 14.1. The number of nitrogens with two attached hydrogens (primary N) is 1. The van der Waals surface area contributed by atoms with Gasteiger partial charge in [-0.15, -0.1) is 11.3 Å². The summed E-state index contributed by atoms with van der Waals surface area (Å²) in [6.07, 6.45) is 10.4. The lowest BCUT2D eigenvalue weighted by Gasteiger charge is -2.24. The van der Waals surface area contributed by atoms with E-state index >= 15 is 0 Å². The summed E-state index contributed by atoms with van der Waals surface area (Å²) in [5.41, 5.74) is 8.27. The van der Waals surface area contributed by atoms with Crippen LogP contribution in [-0.2, 0) is 4.79 Å². The minimum absolute atomic E-state index is 0.152. The van der Waals surface area contributed by atoms with Crippen molar-refractivity contribution in [3.63, 3.8) is 0 Å². The third-order valence-electron chi connectivity index (χ3n) is 4.04. The minimum atomic E-state index is -0.250. The topological polar surface area (TPSA) is 88.2 Å². The van der Waals surface area contributed by atoms with Crippen molar-refractivity contribution in [3.8, 4) is 0 Å². The van der Waals surface area contributed by atoms with Gasteiger partial charge in [0.1, 0.15) is 5.15 Å². The van der Waals surface area contributed by atoms with Crippen molar-refractivity contribution >= 4 is 61.2 Å². The van der Waals surface area contributed by atoms with E-state index in [1.165, 1.54) is 4.88 Å². The van der Waals surface area contributed by atoms with Crippen molar-refractivity contribution in [1.82, 2.24) is 4.98 Å². The molecular formula is C18H21BrClN3O2S. The Morgan fingerprint density at radius 1 is 1.50 bits per heavy atom. The first-order valence-electron chi connectivity index (χ1n) is 8.15. The smallest absolute Gasteiger partial charge is 0.290 e. The number of hydrogen-bond acceptors (Lipinski definition) is 5. The van der Waals surface area contributed by atoms with Gasteiger partial charge in [-0.2, -0.15) is 0 Å². The van der Waals surface area contributed by atoms with E-state index in [9.17, 15) is 0 Å². The molecule has 4 N–H and O–H groups in total. The van der Waals surface area contributed by atoms with Gasteiger partial charge >= 0.3 is 0 Å². The summed E-state index contributed by atoms with van der Waals surface area (Å²) in [5.74, 6) is 0.329. The molecule has 140 valence electrons. The second-order valence-corrected chi connectivity index (χ2v) is 7.95. The Bertz CT molecular complexity index is 822. The van der Waals surface area contributed by atoms with Gasteiger partial charge in [-0.3, -0.25) is 4.79 Å². The maximum atomic E-state index is 8.36. The molecule has 0 saturated heterocycles. The molecule has 5 nitrogen and oxygen atoms in total. The Labute approximate surface area is 170 Å². The van der Waals surface area contributed by atoms with Crippen LogP contribution < -0.4 is 11.1 Å². The van der Waals surface area contributed by atoms with Crippen molar-refractivity contribution in [2.45, 2.75) is 31.7 Å². The molecule has 26 heavy (non-hydrogen) atoms. The number of carboxylic acid groups (broad SMARTS) is 1. The number of pyridine rings is 1. The normalized spacial score (nSPS) is 19.4. The maximum Gasteiger partial charge on any atom is 0.290 e. The summed E-state index contributed by atoms with van der Waals surface area (Å²) >= 11 is 11.7. The highest BCUT2D eigenvalue weighted by Gasteiger charge is 2.27. The lowest BCUT2D eigenvalue weighted by Crippen LogP contribution is -2.29. The molecule has 2 aromatic rings. The molecule has 0 spiro atoms. The number of allylic oxidation sites excluding steroid dienone is 2. The summed E-state index contributed by atoms with van der Waals surface area (Å²) in [6.45, 7) is 2.52. The number of rotatable bonds is 4. The van der Waals surface area contributed by atoms with Gasteiger partial charge in [-0.1, -0.05) is 35.9 Å². The van der Waals surface area contributed by atoms with Crippen molar-refractivity contribution in [3.05, 3.63) is 44.9 Å². The Morgan fingerprint density at radius 2 is 2.19 bits per heavy atom. The quantitative estimate of drug-likeness (QED) is 0.334. The van der Waals surface area contributed by atoms with Crippen LogP contribution in [0.5, 0.6) is 0 Å². The first kappa shape index (κ1) is 20.9. The van der Waals surface area contributed by atoms with Crippen LogP contribution in [0, 0.1) is 0 Å². The van der Waals surface area contributed by atoms with Gasteiger partial charge in [-0.05, 0) is 35.7 Å². The second-order valence-electron chi connectivity index (χ2n) is 5.72. The Kier molecular flexibility index (Phi) is 8.09. The van der Waals surface area contributed by atoms with Gasteiger partial charge in [0.2, 0.25) is 0 Å². The molecule has 2 aromatic heterocycles. The Balaban J connectivity index is 0.000000758. The van der Waals surface area contributed by atoms with E-state index in [0.717, 1.165) is 39.8 Å². The number of nitrogens with one attached hydrogen (secondary N) is 1. The molecule has 2 heterocycles. The number of thiophene rings is 1. The van der Waals surface area contributed by atoms with Crippen LogP contribution in [0.3, 0.4) is 0 Å². The molecule has 0 unspecified atom stereocenters. The number of halogens is 2. The van der Waals surface area contributed by atoms with E-state index in [-0.39, 0.29) is 12.5 Å². The molecule has 3 rings (SSSR count). The fourth-order valence-electron chi connectivity index (χ4n) is 2.82. The van der Waals surface area contributed by atoms with Crippen LogP contribution in [0.1, 0.15) is 30.6 Å². The van der Waals surface area contributed by atoms with Crippen LogP contribution in [0.4, 0.5) is 5.69 Å². The standard InChI is InChI=1S/C17H19BrClN3S.CH2O2/c1-2-3-8-21-12-9-13(19)22-15-14(18)16(23-17(12)15)10-6-4-5-7-11(10)20;2-1-3/h2-5,9-11H,6-8,20H2,1H3,(H,21,22);1H,(H,2,3)/b3-2+;/t10-,11-;/m0./s1. The number of fused-ring (bicyclic) bond motifs is 1. The van der Waals surface area contributed by atoms with Crippen LogP contribution in [0.15, 0.2) is 34.8 Å². The summed E-state index contributed by atoms with van der Waals surface area (Å²) in [6, 6.07) is 2.04. The van der Waals surface area contributed by atoms with Crippen molar-refractivity contribution < 1.29 is 9.90 Å². The first-order valence-corrected chi connectivity index (χ1v) is 10.1. The number of anilines is 1. The zero-order valence-electron chi connectivity index (χ0n) is 14.3. The van der Waals surface area contributed by atoms with E-state index in [2.05, 4.69) is 44.5 Å². The fraction of sp³-hybridized carbons (Fsp3) is 0.333. The van der Waals surface area contributed by atoms with Gasteiger partial charge in [0.05, 0.1) is 20.4 Å². The average Bonchev–Trinajstić information content (AvgIpc) is 2.93. The molecule has 0 amide bonds. The lowest BCUT2D eigenvalue weighted by molar-refractivity contribution is -0.122. The lowest BCUT2D eigenvalue weighted by atomic mass is 9.88. The highest BCUT2D eigenvalue weighted by atomic mass is 79.9. The largest absolute Gasteiger partial charge is 0.483 e. The molecule has 0 aliphatic heterocycles. The molecule has 1 aliphatic rings. The molecule has 0 bridgehead atoms. The van der Waals surface area contributed by atoms with Crippen LogP contribution in [0.25, 0.3) is 10.2 Å². The predicted molar refractivity (Wildman–Crippen MR) is 113 cm³/mol. The fourth-order valence-corrected chi connectivity index (χ4v) is 5.28. The highest BCUT2D eigenvalue weighted by molar-refractivity contribution is 9.10. The molecule has 1 aliphatic carbocycles. The third kappa shape index (κ3) is 4.85. The van der Waals surface area contributed by atoms with Crippen molar-refractivity contribution in [2.24, 2.45) is 5.73 Å². The zero-order valence-corrected chi connectivity index (χ0v) is 17.4. The second kappa shape index (κ2) is 10.1. The van der Waals surface area contributed by atoms with E-state index in [4.69, 9.17) is 27.2 Å². The number of aromatic nitrogens is 1. The monoisotopic (exact) mass is 457 g/mol. The number of nitrogens with zero attached hydrogens (tertiary/aromatic N) is 1. The molecule has 0 aromatic carbocycles. The molecule has 8 heteroatoms. The van der Waals surface area contributed by atoms with Gasteiger partial charge in [0.15, 0.2) is 0 Å². The van der Waals surface area contributed by atoms with Crippen molar-refractivity contribution in [2.75, 3.05) is 11.9 Å². The SMILES string of the molecule is C/C=C/CNc1cc(Cl)nc2c(Br)c([C@H]3CC=CC[C@@H]3N)sc12.O=CO. The molecular weight excluding hydrogens is 438 g/mol. The molecule has 0 saturated carbocycles. The third-order valence-corrected chi connectivity index (χ3v) is 6.65. The van der Waals surface area contributed by atoms with Crippen LogP contribution in [0.2, 0.25) is 5.15 Å². The van der Waals surface area contributed by atoms with E-state index < -0.39 is 0 Å². The van der Waals surface area contributed by atoms with Gasteiger partial charge < -0.3 is 16.2 Å². The van der Waals surface area contributed by atoms with Gasteiger partial charge in [-0.25, -0.2) is 4.98 Å². The summed E-state index contributed by atoms with van der Waals surface area (Å²) < 4.78 is 2.16. The Hall–Kier alpha value is -1.41. The van der Waals surface area contributed by atoms with Gasteiger partial charge in [0, 0.05) is 29.4 Å². The summed E-state index contributed by atoms with van der Waals surface area (Å²) in [5, 5.41) is 10.8. The highest BCUT2D eigenvalue weighted by Crippen LogP contribution is 2.45. The summed E-state index contributed by atoms with van der Waals surface area (Å²) in [7, 11) is 0. The molecule has 2 atom stereocenters. The molecule has 0 fully saturated rings. The van der Waals surface area contributed by atoms with E-state index in [0.29, 0.717) is 11.1 Å². The maximum absolute atomic E-state index is 8.36. The number of carbonyl (C=O) groups is 1. The van der Waals surface area contributed by atoms with Crippen LogP contribution in [-0.4, -0.2) is 29.1 Å². The minimum Gasteiger partial charge on any atom is -0.483 e. The first-order chi connectivity index (χ1) is 12.5. The number of hydrogen-bond donors (Lipinski definition) is 3. The zero-order chi connectivity index (χ0) is 19.1. The Morgan fingerprint density at radius 3 is 2.85 bits per heavy atom. The van der Waals surface area contributed by atoms with Crippen LogP contribution >= 0.6 is 38.9 Å². The van der Waals surface area contributed by atoms with Gasteiger partial charge in [0.25, 0.3) is 6.47 Å². The predicted octanol–water partition coefficient (Wildman–Crippen LogP) is 5.16. The molecule has 0 radical (unpaired) electrons. The average molecular weight is 459 g/mol. The van der Waals surface area contributed by atoms with Crippen molar-refractivity contribution in [1.29, 1.82) is 0 Å². The van der Waals surface area contributed by atoms with E-state index in [1.54, 1.807) is 11.3 Å².